The molecular weight excluding hydrogens is 362 g/mol. The first-order valence-corrected chi connectivity index (χ1v) is 9.13. The fourth-order valence-corrected chi connectivity index (χ4v) is 3.48. The Morgan fingerprint density at radius 3 is 2.28 bits per heavy atom. The summed E-state index contributed by atoms with van der Waals surface area (Å²) in [7, 11) is -3.54. The summed E-state index contributed by atoms with van der Waals surface area (Å²) in [5, 5.41) is 9.25. The molecule has 8 heteroatoms. The molecule has 1 amide bonds. The zero-order valence-corrected chi connectivity index (χ0v) is 15.4. The maximum atomic E-state index is 12.2. The molecule has 25 heavy (non-hydrogen) atoms. The molecule has 0 saturated carbocycles. The molecule has 1 unspecified atom stereocenters. The Hall–Kier alpha value is -2.38. The normalized spacial score (nSPS) is 11.9. The monoisotopic (exact) mass is 381 g/mol. The van der Waals surface area contributed by atoms with Crippen LogP contribution in [0.3, 0.4) is 0 Å². The van der Waals surface area contributed by atoms with Crippen LogP contribution in [0.15, 0.2) is 53.4 Å². The molecule has 0 heterocycles. The lowest BCUT2D eigenvalue weighted by atomic mass is 9.92. The van der Waals surface area contributed by atoms with E-state index < -0.39 is 21.7 Å². The Bertz CT molecular complexity index is 883. The van der Waals surface area contributed by atoms with Crippen molar-refractivity contribution in [1.82, 2.24) is 5.32 Å². The number of amides is 1. The van der Waals surface area contributed by atoms with Crippen molar-refractivity contribution in [3.8, 4) is 0 Å². The highest BCUT2D eigenvalue weighted by Gasteiger charge is 2.21. The van der Waals surface area contributed by atoms with Crippen LogP contribution in [0.5, 0.6) is 0 Å². The molecule has 0 saturated heterocycles. The van der Waals surface area contributed by atoms with E-state index in [0.29, 0.717) is 5.56 Å². The molecule has 6 nitrogen and oxygen atoms in total. The third kappa shape index (κ3) is 5.04. The van der Waals surface area contributed by atoms with Crippen LogP contribution in [0.25, 0.3) is 0 Å². The Morgan fingerprint density at radius 2 is 1.76 bits per heavy atom. The summed E-state index contributed by atoms with van der Waals surface area (Å²) >= 11 is 0. The minimum atomic E-state index is -3.54. The largest absolute Gasteiger partial charge is 0.370 e. The van der Waals surface area contributed by atoms with Crippen LogP contribution in [-0.2, 0) is 9.84 Å². The van der Waals surface area contributed by atoms with Crippen molar-refractivity contribution >= 4 is 34.1 Å². The molecule has 0 aliphatic carbocycles. The lowest BCUT2D eigenvalue weighted by Gasteiger charge is -2.17. The second-order valence-corrected chi connectivity index (χ2v) is 7.51. The summed E-state index contributed by atoms with van der Waals surface area (Å²) in [6.45, 7) is 1.91. The van der Waals surface area contributed by atoms with Gasteiger partial charge in [-0.05, 0) is 23.3 Å². The smallest absolute Gasteiger partial charge is 0.257 e. The second kappa shape index (κ2) is 8.13. The van der Waals surface area contributed by atoms with Gasteiger partial charge in [0.25, 0.3) is 5.91 Å². The SMILES string of the molecule is CC(c1ccccc1)c1ccc(C(=O)NC(=N)N)cc1S(C)(=O)=O.Cl. The van der Waals surface area contributed by atoms with Crippen LogP contribution in [0.1, 0.15) is 34.3 Å². The van der Waals surface area contributed by atoms with E-state index in [2.05, 4.69) is 5.32 Å². The maximum Gasteiger partial charge on any atom is 0.257 e. The van der Waals surface area contributed by atoms with Gasteiger partial charge in [0.05, 0.1) is 4.90 Å². The number of sulfone groups is 1. The van der Waals surface area contributed by atoms with Gasteiger partial charge in [-0.2, -0.15) is 0 Å². The number of hydrogen-bond acceptors (Lipinski definition) is 4. The summed E-state index contributed by atoms with van der Waals surface area (Å²) in [4.78, 5) is 12.1. The minimum absolute atomic E-state index is 0. The highest BCUT2D eigenvalue weighted by Crippen LogP contribution is 2.30. The van der Waals surface area contributed by atoms with E-state index in [1.165, 1.54) is 12.1 Å². The van der Waals surface area contributed by atoms with Gasteiger partial charge in [0, 0.05) is 17.7 Å². The van der Waals surface area contributed by atoms with E-state index in [-0.39, 0.29) is 28.8 Å². The van der Waals surface area contributed by atoms with Gasteiger partial charge in [-0.15, -0.1) is 12.4 Å². The van der Waals surface area contributed by atoms with E-state index in [0.717, 1.165) is 11.8 Å². The molecule has 0 aliphatic rings. The zero-order valence-electron chi connectivity index (χ0n) is 13.8. The fourth-order valence-electron chi connectivity index (χ4n) is 2.47. The summed E-state index contributed by atoms with van der Waals surface area (Å²) in [6.07, 6.45) is 1.11. The number of benzene rings is 2. The van der Waals surface area contributed by atoms with Gasteiger partial charge in [0.1, 0.15) is 0 Å². The number of guanidine groups is 1. The van der Waals surface area contributed by atoms with Gasteiger partial charge in [0.2, 0.25) is 0 Å². The number of nitrogens with one attached hydrogen (secondary N) is 2. The molecule has 0 radical (unpaired) electrons. The number of nitrogens with two attached hydrogens (primary N) is 1. The lowest BCUT2D eigenvalue weighted by Crippen LogP contribution is -2.35. The lowest BCUT2D eigenvalue weighted by molar-refractivity contribution is 0.0976. The fraction of sp³-hybridized carbons (Fsp3) is 0.176. The number of carbonyl (C=O) groups excluding carboxylic acids is 1. The summed E-state index contributed by atoms with van der Waals surface area (Å²) in [5.74, 6) is -1.27. The average Bonchev–Trinajstić information content (AvgIpc) is 2.53. The van der Waals surface area contributed by atoms with Crippen molar-refractivity contribution in [2.45, 2.75) is 17.7 Å². The van der Waals surface area contributed by atoms with Crippen molar-refractivity contribution < 1.29 is 13.2 Å². The first kappa shape index (κ1) is 20.7. The third-order valence-electron chi connectivity index (χ3n) is 3.69. The highest BCUT2D eigenvalue weighted by atomic mass is 35.5. The van der Waals surface area contributed by atoms with E-state index in [4.69, 9.17) is 11.1 Å². The molecule has 0 spiro atoms. The van der Waals surface area contributed by atoms with E-state index in [1.807, 2.05) is 37.3 Å². The first-order valence-electron chi connectivity index (χ1n) is 7.24. The molecule has 4 N–H and O–H groups in total. The number of rotatable bonds is 4. The summed E-state index contributed by atoms with van der Waals surface area (Å²) < 4.78 is 24.4. The van der Waals surface area contributed by atoms with Gasteiger partial charge in [-0.1, -0.05) is 43.3 Å². The molecule has 0 aliphatic heterocycles. The van der Waals surface area contributed by atoms with E-state index in [1.54, 1.807) is 6.07 Å². The molecule has 2 aromatic carbocycles. The molecule has 0 bridgehead atoms. The van der Waals surface area contributed by atoms with Crippen molar-refractivity contribution in [3.05, 3.63) is 65.2 Å². The summed E-state index contributed by atoms with van der Waals surface area (Å²) in [6, 6.07) is 14.0. The van der Waals surface area contributed by atoms with Crippen LogP contribution in [0, 0.1) is 5.41 Å². The minimum Gasteiger partial charge on any atom is -0.370 e. The Balaban J connectivity index is 0.00000312. The van der Waals surface area contributed by atoms with Crippen molar-refractivity contribution in [2.75, 3.05) is 6.26 Å². The summed E-state index contributed by atoms with van der Waals surface area (Å²) in [5.41, 5.74) is 6.86. The standard InChI is InChI=1S/C17H19N3O3S.ClH/c1-11(12-6-4-3-5-7-12)14-9-8-13(16(21)20-17(18)19)10-15(14)24(2,22)23;/h3-11H,1-2H3,(H4,18,19,20,21);1H. The van der Waals surface area contributed by atoms with Gasteiger partial charge < -0.3 is 5.73 Å². The zero-order chi connectivity index (χ0) is 17.9. The quantitative estimate of drug-likeness (QED) is 0.556. The Kier molecular flexibility index (Phi) is 6.72. The highest BCUT2D eigenvalue weighted by molar-refractivity contribution is 7.90. The van der Waals surface area contributed by atoms with E-state index in [9.17, 15) is 13.2 Å². The van der Waals surface area contributed by atoms with Gasteiger partial charge in [0.15, 0.2) is 15.8 Å². The number of hydrogen-bond donors (Lipinski definition) is 3. The first-order chi connectivity index (χ1) is 11.2. The van der Waals surface area contributed by atoms with Gasteiger partial charge >= 0.3 is 0 Å². The predicted octanol–water partition coefficient (Wildman–Crippen LogP) is 2.29. The molecule has 0 aromatic heterocycles. The van der Waals surface area contributed by atoms with Crippen LogP contribution in [-0.4, -0.2) is 26.5 Å². The average molecular weight is 382 g/mol. The molecule has 1 atom stereocenters. The van der Waals surface area contributed by atoms with Crippen LogP contribution in [0.2, 0.25) is 0 Å². The van der Waals surface area contributed by atoms with Crippen molar-refractivity contribution in [1.29, 1.82) is 5.41 Å². The van der Waals surface area contributed by atoms with Crippen molar-refractivity contribution in [3.63, 3.8) is 0 Å². The van der Waals surface area contributed by atoms with Crippen molar-refractivity contribution in [2.24, 2.45) is 5.73 Å². The van der Waals surface area contributed by atoms with Gasteiger partial charge in [-0.25, -0.2) is 8.42 Å². The predicted molar refractivity (Wildman–Crippen MR) is 100 cm³/mol. The van der Waals surface area contributed by atoms with Crippen LogP contribution < -0.4 is 11.1 Å². The third-order valence-corrected chi connectivity index (χ3v) is 4.84. The van der Waals surface area contributed by atoms with Crippen LogP contribution >= 0.6 is 12.4 Å². The molecule has 2 rings (SSSR count). The second-order valence-electron chi connectivity index (χ2n) is 5.52. The molecular formula is C17H20ClN3O3S. The Labute approximate surface area is 153 Å². The number of halogens is 1. The Morgan fingerprint density at radius 1 is 1.16 bits per heavy atom. The molecule has 0 fully saturated rings. The number of carbonyl (C=O) groups is 1. The molecule has 2 aromatic rings. The topological polar surface area (TPSA) is 113 Å². The van der Waals surface area contributed by atoms with E-state index >= 15 is 0 Å². The van der Waals surface area contributed by atoms with Gasteiger partial charge in [-0.3, -0.25) is 15.5 Å². The van der Waals surface area contributed by atoms with Crippen LogP contribution in [0.4, 0.5) is 0 Å². The maximum absolute atomic E-state index is 12.2. The molecule has 134 valence electrons.